The molecule has 1 saturated heterocycles. The molecular formula is C19H19ClN2O3S. The molecule has 7 heteroatoms. The van der Waals surface area contributed by atoms with E-state index in [4.69, 9.17) is 21.1 Å². The molecule has 1 atom stereocenters. The summed E-state index contributed by atoms with van der Waals surface area (Å²) in [7, 11) is 0. The first-order valence-corrected chi connectivity index (χ1v) is 9.80. The molecule has 26 heavy (non-hydrogen) atoms. The van der Waals surface area contributed by atoms with Gasteiger partial charge >= 0.3 is 5.97 Å². The van der Waals surface area contributed by atoms with Crippen LogP contribution in [0.15, 0.2) is 30.3 Å². The number of ether oxygens (including phenoxy) is 2. The summed E-state index contributed by atoms with van der Waals surface area (Å²) in [5.41, 5.74) is 1.89. The maximum Gasteiger partial charge on any atom is 0.348 e. The minimum absolute atomic E-state index is 0.0331. The Balaban J connectivity index is 1.55. The van der Waals surface area contributed by atoms with E-state index in [-0.39, 0.29) is 12.1 Å². The fourth-order valence-electron chi connectivity index (χ4n) is 3.12. The number of hydrogen-bond donors (Lipinski definition) is 0. The number of carbonyl (C=O) groups is 1. The van der Waals surface area contributed by atoms with Gasteiger partial charge < -0.3 is 9.47 Å². The number of thiophene rings is 1. The van der Waals surface area contributed by atoms with E-state index in [9.17, 15) is 4.79 Å². The number of hydrogen-bond acceptors (Lipinski definition) is 5. The molecule has 1 fully saturated rings. The topological polar surface area (TPSA) is 53.4 Å². The van der Waals surface area contributed by atoms with Gasteiger partial charge in [0.2, 0.25) is 0 Å². The zero-order valence-electron chi connectivity index (χ0n) is 14.4. The van der Waals surface area contributed by atoms with Crippen molar-refractivity contribution in [3.8, 4) is 0 Å². The molecule has 136 valence electrons. The van der Waals surface area contributed by atoms with Crippen LogP contribution in [-0.4, -0.2) is 35.1 Å². The first-order valence-electron chi connectivity index (χ1n) is 8.61. The van der Waals surface area contributed by atoms with Crippen LogP contribution in [0.1, 0.15) is 33.8 Å². The highest BCUT2D eigenvalue weighted by Crippen LogP contribution is 2.30. The molecule has 2 aromatic heterocycles. The maximum atomic E-state index is 12.4. The summed E-state index contributed by atoms with van der Waals surface area (Å²) in [6.07, 6.45) is 2.01. The van der Waals surface area contributed by atoms with Gasteiger partial charge in [-0.3, -0.25) is 4.68 Å². The van der Waals surface area contributed by atoms with Crippen molar-refractivity contribution in [1.29, 1.82) is 0 Å². The summed E-state index contributed by atoms with van der Waals surface area (Å²) in [5, 5.41) is 6.28. The molecule has 1 aliphatic rings. The zero-order valence-corrected chi connectivity index (χ0v) is 16.0. The fourth-order valence-corrected chi connectivity index (χ4v) is 4.37. The third-order valence-corrected chi connectivity index (χ3v) is 6.01. The van der Waals surface area contributed by atoms with Crippen molar-refractivity contribution in [3.63, 3.8) is 0 Å². The smallest absolute Gasteiger partial charge is 0.348 e. The van der Waals surface area contributed by atoms with Gasteiger partial charge in [0, 0.05) is 17.0 Å². The van der Waals surface area contributed by atoms with Crippen molar-refractivity contribution in [2.24, 2.45) is 0 Å². The molecule has 3 heterocycles. The van der Waals surface area contributed by atoms with E-state index in [1.807, 2.05) is 41.9 Å². The minimum Gasteiger partial charge on any atom is -0.459 e. The second-order valence-corrected chi connectivity index (χ2v) is 7.84. The number of aromatic nitrogens is 2. The lowest BCUT2D eigenvalue weighted by Gasteiger charge is -2.09. The van der Waals surface area contributed by atoms with E-state index in [0.29, 0.717) is 23.1 Å². The lowest BCUT2D eigenvalue weighted by molar-refractivity contribution is 0.0165. The Kier molecular flexibility index (Phi) is 4.98. The second kappa shape index (κ2) is 7.39. The zero-order chi connectivity index (χ0) is 18.1. The predicted octanol–water partition coefficient (Wildman–Crippen LogP) is 4.44. The van der Waals surface area contributed by atoms with Crippen molar-refractivity contribution in [3.05, 3.63) is 51.5 Å². The predicted molar refractivity (Wildman–Crippen MR) is 102 cm³/mol. The van der Waals surface area contributed by atoms with Crippen LogP contribution in [0.4, 0.5) is 0 Å². The van der Waals surface area contributed by atoms with E-state index >= 15 is 0 Å². The lowest BCUT2D eigenvalue weighted by Crippen LogP contribution is -2.17. The van der Waals surface area contributed by atoms with Crippen LogP contribution >= 0.6 is 22.9 Å². The van der Waals surface area contributed by atoms with Gasteiger partial charge in [-0.15, -0.1) is 11.3 Å². The number of benzene rings is 1. The normalized spacial score (nSPS) is 17.1. The molecule has 0 saturated carbocycles. The van der Waals surface area contributed by atoms with Crippen LogP contribution in [-0.2, 0) is 16.0 Å². The molecule has 0 radical (unpaired) electrons. The molecule has 1 aliphatic heterocycles. The highest BCUT2D eigenvalue weighted by molar-refractivity contribution is 7.20. The Morgan fingerprint density at radius 2 is 2.31 bits per heavy atom. The van der Waals surface area contributed by atoms with Gasteiger partial charge in [-0.25, -0.2) is 4.79 Å². The molecule has 4 rings (SSSR count). The SMILES string of the molecule is Cc1nn(Cc2ccccc2Cl)c2sc(C(=O)OCC3CCCO3)cc12. The molecule has 0 amide bonds. The number of aryl methyl sites for hydroxylation is 1. The molecule has 3 aromatic rings. The second-order valence-electron chi connectivity index (χ2n) is 6.40. The maximum absolute atomic E-state index is 12.4. The summed E-state index contributed by atoms with van der Waals surface area (Å²) in [6, 6.07) is 9.58. The molecular weight excluding hydrogens is 372 g/mol. The summed E-state index contributed by atoms with van der Waals surface area (Å²) in [5.74, 6) is -0.301. The monoisotopic (exact) mass is 390 g/mol. The number of carbonyl (C=O) groups excluding carboxylic acids is 1. The van der Waals surface area contributed by atoms with Gasteiger partial charge in [-0.2, -0.15) is 5.10 Å². The van der Waals surface area contributed by atoms with E-state index in [1.54, 1.807) is 0 Å². The van der Waals surface area contributed by atoms with Gasteiger partial charge in [0.1, 0.15) is 16.3 Å². The van der Waals surface area contributed by atoms with Gasteiger partial charge in [0.15, 0.2) is 0 Å². The summed E-state index contributed by atoms with van der Waals surface area (Å²) in [4.78, 5) is 13.9. The Morgan fingerprint density at radius 1 is 1.46 bits per heavy atom. The Hall–Kier alpha value is -1.89. The van der Waals surface area contributed by atoms with Gasteiger partial charge in [-0.1, -0.05) is 29.8 Å². The summed E-state index contributed by atoms with van der Waals surface area (Å²) >= 11 is 7.67. The van der Waals surface area contributed by atoms with Gasteiger partial charge in [0.05, 0.1) is 18.3 Å². The molecule has 1 aromatic carbocycles. The summed E-state index contributed by atoms with van der Waals surface area (Å²) < 4.78 is 12.8. The van der Waals surface area contributed by atoms with E-state index in [0.717, 1.165) is 40.9 Å². The number of nitrogens with zero attached hydrogens (tertiary/aromatic N) is 2. The van der Waals surface area contributed by atoms with E-state index in [2.05, 4.69) is 5.10 Å². The van der Waals surface area contributed by atoms with Gasteiger partial charge in [0.25, 0.3) is 0 Å². The molecule has 0 aliphatic carbocycles. The quantitative estimate of drug-likeness (QED) is 0.604. The number of rotatable bonds is 5. The highest BCUT2D eigenvalue weighted by Gasteiger charge is 2.21. The van der Waals surface area contributed by atoms with Crippen molar-refractivity contribution >= 4 is 39.1 Å². The molecule has 0 bridgehead atoms. The van der Waals surface area contributed by atoms with Crippen LogP contribution < -0.4 is 0 Å². The minimum atomic E-state index is -0.301. The standard InChI is InChI=1S/C19H19ClN2O3S/c1-12-15-9-17(19(23)25-11-14-6-4-8-24-14)26-18(15)22(21-12)10-13-5-2-3-7-16(13)20/h2-3,5,7,9,14H,4,6,8,10-11H2,1H3. The van der Waals surface area contributed by atoms with E-state index < -0.39 is 0 Å². The van der Waals surface area contributed by atoms with Crippen molar-refractivity contribution < 1.29 is 14.3 Å². The average Bonchev–Trinajstić information content (AvgIpc) is 3.35. The fraction of sp³-hybridized carbons (Fsp3) is 0.368. The van der Waals surface area contributed by atoms with Crippen LogP contribution in [0.2, 0.25) is 5.02 Å². The molecule has 1 unspecified atom stereocenters. The highest BCUT2D eigenvalue weighted by atomic mass is 35.5. The Labute approximate surface area is 160 Å². The Bertz CT molecular complexity index is 944. The Morgan fingerprint density at radius 3 is 3.08 bits per heavy atom. The third kappa shape index (κ3) is 3.49. The molecule has 5 nitrogen and oxygen atoms in total. The van der Waals surface area contributed by atoms with Gasteiger partial charge in [-0.05, 0) is 37.5 Å². The van der Waals surface area contributed by atoms with Crippen molar-refractivity contribution in [1.82, 2.24) is 9.78 Å². The van der Waals surface area contributed by atoms with Crippen LogP contribution in [0.5, 0.6) is 0 Å². The van der Waals surface area contributed by atoms with Crippen LogP contribution in [0, 0.1) is 6.92 Å². The van der Waals surface area contributed by atoms with Crippen LogP contribution in [0.25, 0.3) is 10.2 Å². The van der Waals surface area contributed by atoms with Crippen LogP contribution in [0.3, 0.4) is 0 Å². The average molecular weight is 391 g/mol. The number of esters is 1. The van der Waals surface area contributed by atoms with Crippen molar-refractivity contribution in [2.75, 3.05) is 13.2 Å². The lowest BCUT2D eigenvalue weighted by atomic mass is 10.2. The number of halogens is 1. The first kappa shape index (κ1) is 17.5. The molecule has 0 N–H and O–H groups in total. The summed E-state index contributed by atoms with van der Waals surface area (Å²) in [6.45, 7) is 3.58. The third-order valence-electron chi connectivity index (χ3n) is 4.51. The van der Waals surface area contributed by atoms with Crippen molar-refractivity contribution in [2.45, 2.75) is 32.4 Å². The molecule has 0 spiro atoms. The number of fused-ring (bicyclic) bond motifs is 1. The first-order chi connectivity index (χ1) is 12.6. The largest absolute Gasteiger partial charge is 0.459 e. The van der Waals surface area contributed by atoms with E-state index in [1.165, 1.54) is 11.3 Å².